The molecule has 0 aliphatic rings. The molecule has 0 bridgehead atoms. The summed E-state index contributed by atoms with van der Waals surface area (Å²) in [7, 11) is 2.47. The lowest BCUT2D eigenvalue weighted by atomic mass is 10.1. The Bertz CT molecular complexity index is 156. The molecule has 1 unspecified atom stereocenters. The topological polar surface area (TPSA) is 0 Å². The summed E-state index contributed by atoms with van der Waals surface area (Å²) in [6.07, 6.45) is 12.6. The van der Waals surface area contributed by atoms with E-state index in [9.17, 15) is 0 Å². The number of rotatable bonds is 12. The summed E-state index contributed by atoms with van der Waals surface area (Å²) in [4.78, 5) is 0. The molecule has 0 saturated heterocycles. The van der Waals surface area contributed by atoms with Gasteiger partial charge in [0.2, 0.25) is 0 Å². The van der Waals surface area contributed by atoms with Crippen molar-refractivity contribution in [3.63, 3.8) is 0 Å². The lowest BCUT2D eigenvalue weighted by molar-refractivity contribution is -0.910. The predicted octanol–water partition coefficient (Wildman–Crippen LogP) is 5.00. The van der Waals surface area contributed by atoms with Crippen LogP contribution < -0.4 is 0 Å². The lowest BCUT2D eigenvalue weighted by Crippen LogP contribution is -2.46. The minimum Gasteiger partial charge on any atom is -0.326 e. The third kappa shape index (κ3) is 9.64. The maximum atomic E-state index is 2.47. The Balaban J connectivity index is 3.77. The van der Waals surface area contributed by atoms with Gasteiger partial charge < -0.3 is 4.48 Å². The molecule has 0 aromatic heterocycles. The highest BCUT2D eigenvalue weighted by molar-refractivity contribution is 4.46. The fourth-order valence-corrected chi connectivity index (χ4v) is 2.72. The van der Waals surface area contributed by atoms with Crippen LogP contribution in [0.4, 0.5) is 0 Å². The highest BCUT2D eigenvalue weighted by atomic mass is 15.3. The smallest absolute Gasteiger partial charge is 0.0784 e. The van der Waals surface area contributed by atoms with E-state index in [1.165, 1.54) is 81.9 Å². The van der Waals surface area contributed by atoms with Gasteiger partial charge >= 0.3 is 0 Å². The summed E-state index contributed by atoms with van der Waals surface area (Å²) in [5.74, 6) is 0. The molecule has 1 heteroatoms. The van der Waals surface area contributed by atoms with E-state index in [4.69, 9.17) is 0 Å². The van der Waals surface area contributed by atoms with Crippen molar-refractivity contribution >= 4 is 0 Å². The largest absolute Gasteiger partial charge is 0.326 e. The van der Waals surface area contributed by atoms with E-state index in [0.29, 0.717) is 0 Å². The molecule has 0 saturated carbocycles. The maximum absolute atomic E-state index is 2.47. The summed E-state index contributed by atoms with van der Waals surface area (Å²) in [5.41, 5.74) is 0. The second-order valence-electron chi connectivity index (χ2n) is 5.91. The van der Waals surface area contributed by atoms with Crippen LogP contribution in [-0.4, -0.2) is 31.2 Å². The molecule has 17 heavy (non-hydrogen) atoms. The van der Waals surface area contributed by atoms with Crippen molar-refractivity contribution < 1.29 is 4.48 Å². The minimum atomic E-state index is 1.32. The minimum absolute atomic E-state index is 1.32. The maximum Gasteiger partial charge on any atom is 0.0784 e. The quantitative estimate of drug-likeness (QED) is 0.333. The average Bonchev–Trinajstić information content (AvgIpc) is 2.29. The molecule has 0 spiro atoms. The molecule has 0 heterocycles. The fourth-order valence-electron chi connectivity index (χ4n) is 2.72. The third-order valence-corrected chi connectivity index (χ3v) is 3.87. The number of hydrogen-bond acceptors (Lipinski definition) is 0. The first-order chi connectivity index (χ1) is 8.18. The number of nitrogens with zero attached hydrogens (tertiary/aromatic N) is 1. The highest BCUT2D eigenvalue weighted by Gasteiger charge is 2.18. The molecule has 0 amide bonds. The first-order valence-corrected chi connectivity index (χ1v) is 8.02. The van der Waals surface area contributed by atoms with E-state index < -0.39 is 0 Å². The first-order valence-electron chi connectivity index (χ1n) is 8.02. The van der Waals surface area contributed by atoms with Gasteiger partial charge in [0.05, 0.1) is 26.7 Å². The number of quaternary nitrogens is 1. The van der Waals surface area contributed by atoms with E-state index in [0.717, 1.165) is 0 Å². The van der Waals surface area contributed by atoms with E-state index in [1.807, 2.05) is 0 Å². The van der Waals surface area contributed by atoms with E-state index in [-0.39, 0.29) is 0 Å². The Morgan fingerprint density at radius 2 is 1.00 bits per heavy atom. The van der Waals surface area contributed by atoms with Crippen molar-refractivity contribution in [2.75, 3.05) is 26.7 Å². The van der Waals surface area contributed by atoms with Gasteiger partial charge in [-0.05, 0) is 32.1 Å². The van der Waals surface area contributed by atoms with Crippen LogP contribution in [-0.2, 0) is 0 Å². The summed E-state index contributed by atoms with van der Waals surface area (Å²) in [6.45, 7) is 11.1. The Labute approximate surface area is 110 Å². The molecule has 0 fully saturated rings. The van der Waals surface area contributed by atoms with Crippen LogP contribution in [0.1, 0.15) is 78.6 Å². The molecule has 0 aliphatic heterocycles. The zero-order chi connectivity index (χ0) is 13.0. The van der Waals surface area contributed by atoms with Gasteiger partial charge in [-0.15, -0.1) is 0 Å². The van der Waals surface area contributed by atoms with E-state index in [1.54, 1.807) is 0 Å². The van der Waals surface area contributed by atoms with Crippen LogP contribution in [0.15, 0.2) is 0 Å². The van der Waals surface area contributed by atoms with Gasteiger partial charge in [0.15, 0.2) is 0 Å². The Morgan fingerprint density at radius 1 is 0.529 bits per heavy atom. The summed E-state index contributed by atoms with van der Waals surface area (Å²) in [5, 5.41) is 0. The van der Waals surface area contributed by atoms with Crippen molar-refractivity contribution in [3.8, 4) is 0 Å². The molecule has 0 aliphatic carbocycles. The monoisotopic (exact) mass is 242 g/mol. The van der Waals surface area contributed by atoms with Crippen molar-refractivity contribution in [2.45, 2.75) is 78.6 Å². The van der Waals surface area contributed by atoms with Gasteiger partial charge in [-0.25, -0.2) is 0 Å². The fraction of sp³-hybridized carbons (Fsp3) is 1.00. The Morgan fingerprint density at radius 3 is 1.53 bits per heavy atom. The second kappa shape index (κ2) is 11.1. The zero-order valence-corrected chi connectivity index (χ0v) is 12.9. The van der Waals surface area contributed by atoms with Crippen LogP contribution in [0.25, 0.3) is 0 Å². The zero-order valence-electron chi connectivity index (χ0n) is 12.9. The number of hydrogen-bond donors (Lipinski definition) is 0. The van der Waals surface area contributed by atoms with Crippen LogP contribution in [0.3, 0.4) is 0 Å². The van der Waals surface area contributed by atoms with Gasteiger partial charge in [-0.2, -0.15) is 0 Å². The highest BCUT2D eigenvalue weighted by Crippen LogP contribution is 2.12. The molecule has 0 rings (SSSR count). The SMILES string of the molecule is CCCCCCC[N+](C)(CCC)CCCCC. The normalized spacial score (nSPS) is 14.8. The van der Waals surface area contributed by atoms with Gasteiger partial charge in [0, 0.05) is 0 Å². The Kier molecular flexibility index (Phi) is 11.0. The molecular formula is C16H36N+. The third-order valence-electron chi connectivity index (χ3n) is 3.87. The molecule has 104 valence electrons. The Hall–Kier alpha value is -0.0400. The molecule has 0 aromatic rings. The van der Waals surface area contributed by atoms with Crippen LogP contribution >= 0.6 is 0 Å². The average molecular weight is 242 g/mol. The van der Waals surface area contributed by atoms with Crippen LogP contribution in [0.5, 0.6) is 0 Å². The molecule has 0 N–H and O–H groups in total. The van der Waals surface area contributed by atoms with E-state index in [2.05, 4.69) is 27.8 Å². The van der Waals surface area contributed by atoms with Gasteiger partial charge in [-0.1, -0.05) is 46.5 Å². The first kappa shape index (κ1) is 17.0. The van der Waals surface area contributed by atoms with Crippen LogP contribution in [0, 0.1) is 0 Å². The van der Waals surface area contributed by atoms with E-state index >= 15 is 0 Å². The second-order valence-corrected chi connectivity index (χ2v) is 5.91. The summed E-state index contributed by atoms with van der Waals surface area (Å²) < 4.78 is 1.32. The van der Waals surface area contributed by atoms with Crippen molar-refractivity contribution in [3.05, 3.63) is 0 Å². The van der Waals surface area contributed by atoms with Crippen molar-refractivity contribution in [1.29, 1.82) is 0 Å². The summed E-state index contributed by atoms with van der Waals surface area (Å²) >= 11 is 0. The molecule has 0 radical (unpaired) electrons. The molecule has 1 atom stereocenters. The van der Waals surface area contributed by atoms with Crippen molar-refractivity contribution in [2.24, 2.45) is 0 Å². The van der Waals surface area contributed by atoms with Gasteiger partial charge in [0.1, 0.15) is 0 Å². The molecular weight excluding hydrogens is 206 g/mol. The van der Waals surface area contributed by atoms with Gasteiger partial charge in [0.25, 0.3) is 0 Å². The van der Waals surface area contributed by atoms with Crippen LogP contribution in [0.2, 0.25) is 0 Å². The lowest BCUT2D eigenvalue weighted by Gasteiger charge is -2.34. The number of unbranched alkanes of at least 4 members (excludes halogenated alkanes) is 6. The van der Waals surface area contributed by atoms with Crippen molar-refractivity contribution in [1.82, 2.24) is 0 Å². The molecule has 1 nitrogen and oxygen atoms in total. The summed E-state index contributed by atoms with van der Waals surface area (Å²) in [6, 6.07) is 0. The predicted molar refractivity (Wildman–Crippen MR) is 79.4 cm³/mol. The van der Waals surface area contributed by atoms with Gasteiger partial charge in [-0.3, -0.25) is 0 Å². The molecule has 0 aromatic carbocycles. The standard InChI is InChI=1S/C16H36N/c1-5-8-10-11-13-16-17(4,14-7-3)15-12-9-6-2/h5-16H2,1-4H3/q+1.